The van der Waals surface area contributed by atoms with Crippen molar-refractivity contribution in [3.63, 3.8) is 0 Å². The van der Waals surface area contributed by atoms with Crippen LogP contribution in [0.3, 0.4) is 0 Å². The molecule has 11 heteroatoms. The maximum atomic E-state index is 13.6. The molecule has 0 saturated carbocycles. The minimum absolute atomic E-state index is 0.0238. The molecule has 1 amide bonds. The third-order valence-corrected chi connectivity index (χ3v) is 8.18. The number of aromatic nitrogens is 3. The van der Waals surface area contributed by atoms with Gasteiger partial charge in [0.25, 0.3) is 5.56 Å². The summed E-state index contributed by atoms with van der Waals surface area (Å²) in [5.41, 5.74) is 1.63. The topological polar surface area (TPSA) is 78.2 Å². The summed E-state index contributed by atoms with van der Waals surface area (Å²) in [7, 11) is 0. The quantitative estimate of drug-likeness (QED) is 0.198. The summed E-state index contributed by atoms with van der Waals surface area (Å²) in [6.45, 7) is 1.64. The fraction of sp³-hybridized carbons (Fsp3) is 0.280. The van der Waals surface area contributed by atoms with E-state index in [1.54, 1.807) is 0 Å². The molecule has 0 radical (unpaired) electrons. The van der Waals surface area contributed by atoms with Gasteiger partial charge in [0, 0.05) is 13.2 Å². The minimum atomic E-state index is -0.409. The van der Waals surface area contributed by atoms with E-state index in [2.05, 4.69) is 5.32 Å². The fourth-order valence-corrected chi connectivity index (χ4v) is 6.14. The van der Waals surface area contributed by atoms with Crippen molar-refractivity contribution in [1.29, 1.82) is 0 Å². The zero-order valence-corrected chi connectivity index (χ0v) is 21.6. The predicted molar refractivity (Wildman–Crippen MR) is 142 cm³/mol. The van der Waals surface area contributed by atoms with Gasteiger partial charge in [-0.1, -0.05) is 53.4 Å². The summed E-state index contributed by atoms with van der Waals surface area (Å²) in [4.78, 5) is 31.0. The summed E-state index contributed by atoms with van der Waals surface area (Å²) in [5, 5.41) is 3.23. The van der Waals surface area contributed by atoms with Crippen molar-refractivity contribution >= 4 is 51.6 Å². The number of carbonyl (C=O) groups is 1. The van der Waals surface area contributed by atoms with Gasteiger partial charge in [-0.05, 0) is 54.9 Å². The maximum Gasteiger partial charge on any atom is 0.278 e. The monoisotopic (exact) mass is 542 g/mol. The third kappa shape index (κ3) is 5.44. The van der Waals surface area contributed by atoms with Crippen molar-refractivity contribution in [2.75, 3.05) is 12.4 Å². The predicted octanol–water partition coefficient (Wildman–Crippen LogP) is 4.70. The van der Waals surface area contributed by atoms with Crippen LogP contribution in [0.4, 0.5) is 4.39 Å². The number of hydrogen-bond donors (Lipinski definition) is 1. The van der Waals surface area contributed by atoms with Gasteiger partial charge >= 0.3 is 0 Å². The number of rotatable bonds is 8. The molecule has 0 spiro atoms. The summed E-state index contributed by atoms with van der Waals surface area (Å²) >= 11 is 7.93. The molecule has 1 atom stereocenters. The highest BCUT2D eigenvalue weighted by molar-refractivity contribution is 7.99. The fourth-order valence-electron chi connectivity index (χ4n) is 4.02. The molecule has 3 heterocycles. The van der Waals surface area contributed by atoms with Crippen LogP contribution in [0.5, 0.6) is 0 Å². The van der Waals surface area contributed by atoms with Gasteiger partial charge in [0.05, 0.1) is 24.1 Å². The van der Waals surface area contributed by atoms with Crippen LogP contribution in [-0.4, -0.2) is 38.5 Å². The highest BCUT2D eigenvalue weighted by Gasteiger charge is 2.22. The number of thioether (sulfide) groups is 1. The number of carbonyl (C=O) groups excluding carboxylic acids is 1. The summed E-state index contributed by atoms with van der Waals surface area (Å²) in [6.07, 6.45) is 1.94. The van der Waals surface area contributed by atoms with Gasteiger partial charge in [0.2, 0.25) is 5.91 Å². The molecule has 5 rings (SSSR count). The van der Waals surface area contributed by atoms with E-state index >= 15 is 0 Å². The average molecular weight is 543 g/mol. The summed E-state index contributed by atoms with van der Waals surface area (Å²) < 4.78 is 23.6. The van der Waals surface area contributed by atoms with Crippen LogP contribution < -0.4 is 10.9 Å². The molecule has 2 aromatic carbocycles. The van der Waals surface area contributed by atoms with Gasteiger partial charge in [-0.2, -0.15) is 0 Å². The molecule has 7 nitrogen and oxygen atoms in total. The zero-order valence-electron chi connectivity index (χ0n) is 19.2. The Bertz CT molecular complexity index is 1490. The number of nitrogens with one attached hydrogen (secondary N) is 1. The van der Waals surface area contributed by atoms with Crippen molar-refractivity contribution in [2.45, 2.75) is 37.2 Å². The van der Waals surface area contributed by atoms with E-state index in [1.165, 1.54) is 40.2 Å². The standard InChI is InChI=1S/C25H23FN4O3S3/c26-17-8-10-18(11-9-17)30-23(32)21-22(29(25(34)36-21)14-19-7-4-12-33-19)28-24(30)35-15-20(31)27-13-16-5-2-1-3-6-16/h1-3,5-6,8-11,19H,4,7,12-15H2,(H,27,31)/t19-/m0/s1. The van der Waals surface area contributed by atoms with Crippen molar-refractivity contribution < 1.29 is 13.9 Å². The molecule has 4 aromatic rings. The number of ether oxygens (including phenoxy) is 1. The third-order valence-electron chi connectivity index (χ3n) is 5.82. The molecule has 1 N–H and O–H groups in total. The average Bonchev–Trinajstić information content (AvgIpc) is 3.51. The molecule has 0 aliphatic carbocycles. The highest BCUT2D eigenvalue weighted by Crippen LogP contribution is 2.26. The first-order chi connectivity index (χ1) is 17.5. The highest BCUT2D eigenvalue weighted by atomic mass is 32.2. The van der Waals surface area contributed by atoms with Crippen LogP contribution in [0, 0.1) is 9.77 Å². The van der Waals surface area contributed by atoms with E-state index < -0.39 is 5.82 Å². The second kappa shape index (κ2) is 11.0. The molecule has 0 bridgehead atoms. The van der Waals surface area contributed by atoms with E-state index in [0.717, 1.165) is 30.2 Å². The Morgan fingerprint density at radius 3 is 2.72 bits per heavy atom. The lowest BCUT2D eigenvalue weighted by Gasteiger charge is -2.14. The lowest BCUT2D eigenvalue weighted by molar-refractivity contribution is -0.118. The largest absolute Gasteiger partial charge is 0.376 e. The first-order valence-electron chi connectivity index (χ1n) is 11.5. The van der Waals surface area contributed by atoms with E-state index in [0.29, 0.717) is 44.8 Å². The van der Waals surface area contributed by atoms with Gasteiger partial charge in [0.1, 0.15) is 10.5 Å². The van der Waals surface area contributed by atoms with Gasteiger partial charge in [-0.25, -0.2) is 9.37 Å². The maximum absolute atomic E-state index is 13.6. The minimum Gasteiger partial charge on any atom is -0.376 e. The van der Waals surface area contributed by atoms with Crippen LogP contribution in [0.2, 0.25) is 0 Å². The Labute approximate surface area is 219 Å². The number of amides is 1. The summed E-state index contributed by atoms with van der Waals surface area (Å²) in [6, 6.07) is 15.2. The Balaban J connectivity index is 1.48. The molecule has 1 aliphatic rings. The summed E-state index contributed by atoms with van der Waals surface area (Å²) in [5.74, 6) is -0.540. The van der Waals surface area contributed by atoms with E-state index in [9.17, 15) is 14.0 Å². The second-order valence-corrected chi connectivity index (χ2v) is 10.9. The molecule has 1 aliphatic heterocycles. The van der Waals surface area contributed by atoms with Crippen LogP contribution in [0.15, 0.2) is 64.5 Å². The normalized spacial score (nSPS) is 15.4. The van der Waals surface area contributed by atoms with Crippen LogP contribution in [0.1, 0.15) is 18.4 Å². The number of thiazole rings is 1. The number of nitrogens with zero attached hydrogens (tertiary/aromatic N) is 3. The lowest BCUT2D eigenvalue weighted by Crippen LogP contribution is -2.26. The Morgan fingerprint density at radius 1 is 1.22 bits per heavy atom. The lowest BCUT2D eigenvalue weighted by atomic mass is 10.2. The van der Waals surface area contributed by atoms with Gasteiger partial charge < -0.3 is 14.6 Å². The first-order valence-corrected chi connectivity index (χ1v) is 13.7. The van der Waals surface area contributed by atoms with Crippen LogP contribution in [-0.2, 0) is 22.6 Å². The Kier molecular flexibility index (Phi) is 7.61. The van der Waals surface area contributed by atoms with Crippen molar-refractivity contribution in [3.05, 3.63) is 80.3 Å². The smallest absolute Gasteiger partial charge is 0.278 e. The Hall–Kier alpha value is -2.86. The zero-order chi connectivity index (χ0) is 25.1. The van der Waals surface area contributed by atoms with E-state index in [4.69, 9.17) is 21.9 Å². The number of hydrogen-bond acceptors (Lipinski definition) is 7. The van der Waals surface area contributed by atoms with Crippen LogP contribution in [0.25, 0.3) is 16.0 Å². The van der Waals surface area contributed by atoms with Gasteiger partial charge in [-0.15, -0.1) is 0 Å². The molecule has 1 fully saturated rings. The Morgan fingerprint density at radius 2 is 2.00 bits per heavy atom. The molecular weight excluding hydrogens is 519 g/mol. The first kappa shape index (κ1) is 24.8. The second-order valence-electron chi connectivity index (χ2n) is 8.33. The van der Waals surface area contributed by atoms with E-state index in [1.807, 2.05) is 34.9 Å². The molecule has 186 valence electrons. The van der Waals surface area contributed by atoms with Crippen LogP contribution >= 0.6 is 35.3 Å². The van der Waals surface area contributed by atoms with Crippen molar-refractivity contribution in [3.8, 4) is 5.69 Å². The SMILES string of the molecule is O=C(CSc1nc2c(sc(=S)n2C[C@@H]2CCCO2)c(=O)n1-c1ccc(F)cc1)NCc1ccccc1. The van der Waals surface area contributed by atoms with Gasteiger partial charge in [-0.3, -0.25) is 14.2 Å². The molecule has 1 saturated heterocycles. The van der Waals surface area contributed by atoms with Crippen molar-refractivity contribution in [1.82, 2.24) is 19.4 Å². The molecule has 0 unspecified atom stereocenters. The van der Waals surface area contributed by atoms with Gasteiger partial charge in [0.15, 0.2) is 14.8 Å². The van der Waals surface area contributed by atoms with E-state index in [-0.39, 0.29) is 23.3 Å². The number of fused-ring (bicyclic) bond motifs is 1. The molecule has 2 aromatic heterocycles. The molecule has 36 heavy (non-hydrogen) atoms. The van der Waals surface area contributed by atoms with Crippen molar-refractivity contribution in [2.24, 2.45) is 0 Å². The number of benzene rings is 2. The number of halogens is 1. The molecular formula is C25H23FN4O3S3.